The molecule has 2 aromatic rings. The van der Waals surface area contributed by atoms with Crippen molar-refractivity contribution in [2.75, 3.05) is 7.05 Å². The SMILES string of the molecule is CNCc1coc(Cc2ccc(C(F)(F)F)cc2)n1. The lowest BCUT2D eigenvalue weighted by Crippen LogP contribution is -2.05. The summed E-state index contributed by atoms with van der Waals surface area (Å²) in [5.41, 5.74) is 0.842. The highest BCUT2D eigenvalue weighted by molar-refractivity contribution is 5.26. The van der Waals surface area contributed by atoms with E-state index in [4.69, 9.17) is 4.42 Å². The molecule has 19 heavy (non-hydrogen) atoms. The van der Waals surface area contributed by atoms with Crippen molar-refractivity contribution in [3.63, 3.8) is 0 Å². The van der Waals surface area contributed by atoms with Crippen molar-refractivity contribution in [2.45, 2.75) is 19.1 Å². The van der Waals surface area contributed by atoms with Gasteiger partial charge in [-0.15, -0.1) is 0 Å². The minimum atomic E-state index is -4.30. The Morgan fingerprint density at radius 2 is 1.89 bits per heavy atom. The van der Waals surface area contributed by atoms with Crippen molar-refractivity contribution in [3.8, 4) is 0 Å². The lowest BCUT2D eigenvalue weighted by Gasteiger charge is -2.06. The summed E-state index contributed by atoms with van der Waals surface area (Å²) in [6.45, 7) is 0.594. The van der Waals surface area contributed by atoms with Crippen molar-refractivity contribution in [3.05, 3.63) is 53.2 Å². The maximum Gasteiger partial charge on any atom is 0.416 e. The van der Waals surface area contributed by atoms with E-state index in [-0.39, 0.29) is 0 Å². The summed E-state index contributed by atoms with van der Waals surface area (Å²) < 4.78 is 42.4. The third-order valence-electron chi connectivity index (χ3n) is 2.59. The highest BCUT2D eigenvalue weighted by atomic mass is 19.4. The molecule has 1 N–H and O–H groups in total. The number of benzene rings is 1. The molecule has 0 atom stereocenters. The first-order chi connectivity index (χ1) is 8.99. The second kappa shape index (κ2) is 5.44. The number of alkyl halides is 3. The number of hydrogen-bond donors (Lipinski definition) is 1. The Morgan fingerprint density at radius 3 is 2.47 bits per heavy atom. The zero-order valence-electron chi connectivity index (χ0n) is 10.3. The van der Waals surface area contributed by atoms with Gasteiger partial charge in [-0.3, -0.25) is 0 Å². The van der Waals surface area contributed by atoms with E-state index < -0.39 is 11.7 Å². The molecule has 0 saturated carbocycles. The van der Waals surface area contributed by atoms with Gasteiger partial charge in [0.2, 0.25) is 0 Å². The molecule has 0 fully saturated rings. The topological polar surface area (TPSA) is 38.1 Å². The Morgan fingerprint density at radius 1 is 1.21 bits per heavy atom. The molecular weight excluding hydrogens is 257 g/mol. The van der Waals surface area contributed by atoms with Crippen LogP contribution in [0.1, 0.15) is 22.7 Å². The van der Waals surface area contributed by atoms with Crippen LogP contribution in [0.15, 0.2) is 34.9 Å². The first-order valence-corrected chi connectivity index (χ1v) is 5.73. The molecule has 1 aromatic carbocycles. The van der Waals surface area contributed by atoms with Gasteiger partial charge in [-0.05, 0) is 24.7 Å². The van der Waals surface area contributed by atoms with Crippen LogP contribution in [-0.2, 0) is 19.1 Å². The van der Waals surface area contributed by atoms with Crippen molar-refractivity contribution in [1.29, 1.82) is 0 Å². The van der Waals surface area contributed by atoms with E-state index >= 15 is 0 Å². The zero-order chi connectivity index (χ0) is 13.9. The Labute approximate surface area is 108 Å². The molecule has 0 aliphatic rings. The van der Waals surface area contributed by atoms with Crippen LogP contribution >= 0.6 is 0 Å². The number of rotatable bonds is 4. The fraction of sp³-hybridized carbons (Fsp3) is 0.308. The summed E-state index contributed by atoms with van der Waals surface area (Å²) in [7, 11) is 1.80. The van der Waals surface area contributed by atoms with E-state index in [0.29, 0.717) is 18.9 Å². The van der Waals surface area contributed by atoms with Gasteiger partial charge in [-0.25, -0.2) is 4.98 Å². The van der Waals surface area contributed by atoms with Crippen LogP contribution in [0.4, 0.5) is 13.2 Å². The normalized spacial score (nSPS) is 11.8. The van der Waals surface area contributed by atoms with Crippen LogP contribution < -0.4 is 5.32 Å². The van der Waals surface area contributed by atoms with E-state index in [2.05, 4.69) is 10.3 Å². The average Bonchev–Trinajstić information content (AvgIpc) is 2.77. The Bertz CT molecular complexity index is 532. The molecule has 102 valence electrons. The van der Waals surface area contributed by atoms with E-state index in [1.54, 1.807) is 7.05 Å². The summed E-state index contributed by atoms with van der Waals surface area (Å²) >= 11 is 0. The van der Waals surface area contributed by atoms with E-state index in [1.807, 2.05) is 0 Å². The van der Waals surface area contributed by atoms with Gasteiger partial charge in [0.25, 0.3) is 0 Å². The minimum absolute atomic E-state index is 0.377. The fourth-order valence-corrected chi connectivity index (χ4v) is 1.68. The second-order valence-electron chi connectivity index (χ2n) is 4.13. The number of nitrogens with zero attached hydrogens (tertiary/aromatic N) is 1. The van der Waals surface area contributed by atoms with Gasteiger partial charge in [0.05, 0.1) is 11.3 Å². The van der Waals surface area contributed by atoms with Crippen LogP contribution in [0.3, 0.4) is 0 Å². The van der Waals surface area contributed by atoms with E-state index in [0.717, 1.165) is 23.4 Å². The minimum Gasteiger partial charge on any atom is -0.448 e. The van der Waals surface area contributed by atoms with E-state index in [1.165, 1.54) is 18.4 Å². The smallest absolute Gasteiger partial charge is 0.416 e. The van der Waals surface area contributed by atoms with Crippen molar-refractivity contribution < 1.29 is 17.6 Å². The largest absolute Gasteiger partial charge is 0.448 e. The summed E-state index contributed by atoms with van der Waals surface area (Å²) in [6, 6.07) is 5.00. The molecule has 2 rings (SSSR count). The third-order valence-corrected chi connectivity index (χ3v) is 2.59. The van der Waals surface area contributed by atoms with Gasteiger partial charge in [-0.2, -0.15) is 13.2 Å². The molecule has 0 bridgehead atoms. The molecule has 0 saturated heterocycles. The number of halogens is 3. The molecule has 1 heterocycles. The summed E-state index contributed by atoms with van der Waals surface area (Å²) in [5, 5.41) is 2.94. The molecule has 0 radical (unpaired) electrons. The zero-order valence-corrected chi connectivity index (χ0v) is 10.3. The fourth-order valence-electron chi connectivity index (χ4n) is 1.68. The third kappa shape index (κ3) is 3.57. The maximum atomic E-state index is 12.4. The van der Waals surface area contributed by atoms with Gasteiger partial charge < -0.3 is 9.73 Å². The number of nitrogens with one attached hydrogen (secondary N) is 1. The summed E-state index contributed by atoms with van der Waals surface area (Å²) in [4.78, 5) is 4.22. The van der Waals surface area contributed by atoms with Gasteiger partial charge in [-0.1, -0.05) is 12.1 Å². The predicted octanol–water partition coefficient (Wildman–Crippen LogP) is 3.00. The maximum absolute atomic E-state index is 12.4. The number of hydrogen-bond acceptors (Lipinski definition) is 3. The molecule has 6 heteroatoms. The Balaban J connectivity index is 2.06. The standard InChI is InChI=1S/C13H13F3N2O/c1-17-7-11-8-19-12(18-11)6-9-2-4-10(5-3-9)13(14,15)16/h2-5,8,17H,6-7H2,1H3. The molecule has 0 unspecified atom stereocenters. The second-order valence-corrected chi connectivity index (χ2v) is 4.13. The first kappa shape index (κ1) is 13.6. The predicted molar refractivity (Wildman–Crippen MR) is 63.5 cm³/mol. The highest BCUT2D eigenvalue weighted by Gasteiger charge is 2.29. The van der Waals surface area contributed by atoms with Crippen LogP contribution in [0, 0.1) is 0 Å². The monoisotopic (exact) mass is 270 g/mol. The molecule has 1 aromatic heterocycles. The molecule has 0 amide bonds. The first-order valence-electron chi connectivity index (χ1n) is 5.73. The molecule has 0 aliphatic carbocycles. The van der Waals surface area contributed by atoms with Crippen LogP contribution in [-0.4, -0.2) is 12.0 Å². The molecule has 0 aliphatic heterocycles. The van der Waals surface area contributed by atoms with Crippen LogP contribution in [0.2, 0.25) is 0 Å². The summed E-state index contributed by atoms with van der Waals surface area (Å²) in [5.74, 6) is 0.491. The van der Waals surface area contributed by atoms with Gasteiger partial charge in [0.1, 0.15) is 6.26 Å². The molecular formula is C13H13F3N2O. The highest BCUT2D eigenvalue weighted by Crippen LogP contribution is 2.29. The van der Waals surface area contributed by atoms with Gasteiger partial charge in [0, 0.05) is 13.0 Å². The van der Waals surface area contributed by atoms with Gasteiger partial charge in [0.15, 0.2) is 5.89 Å². The quantitative estimate of drug-likeness (QED) is 0.928. The van der Waals surface area contributed by atoms with Crippen molar-refractivity contribution >= 4 is 0 Å². The molecule has 0 spiro atoms. The van der Waals surface area contributed by atoms with Crippen LogP contribution in [0.25, 0.3) is 0 Å². The average molecular weight is 270 g/mol. The van der Waals surface area contributed by atoms with Crippen molar-refractivity contribution in [1.82, 2.24) is 10.3 Å². The lowest BCUT2D eigenvalue weighted by molar-refractivity contribution is -0.137. The summed E-state index contributed by atoms with van der Waals surface area (Å²) in [6.07, 6.45) is -2.39. The number of aromatic nitrogens is 1. The van der Waals surface area contributed by atoms with Gasteiger partial charge >= 0.3 is 6.18 Å². The van der Waals surface area contributed by atoms with Crippen LogP contribution in [0.5, 0.6) is 0 Å². The number of oxazole rings is 1. The Kier molecular flexibility index (Phi) is 3.90. The van der Waals surface area contributed by atoms with Crippen molar-refractivity contribution in [2.24, 2.45) is 0 Å². The van der Waals surface area contributed by atoms with E-state index in [9.17, 15) is 13.2 Å². The molecule has 3 nitrogen and oxygen atoms in total. The lowest BCUT2D eigenvalue weighted by atomic mass is 10.1. The Hall–Kier alpha value is -1.82.